The van der Waals surface area contributed by atoms with Gasteiger partial charge in [0.05, 0.1) is 19.1 Å². The lowest BCUT2D eigenvalue weighted by Gasteiger charge is -2.32. The zero-order valence-electron chi connectivity index (χ0n) is 14.7. The van der Waals surface area contributed by atoms with Gasteiger partial charge in [0.25, 0.3) is 5.91 Å². The predicted molar refractivity (Wildman–Crippen MR) is 100.0 cm³/mol. The summed E-state index contributed by atoms with van der Waals surface area (Å²) in [6.07, 6.45) is 2.43. The lowest BCUT2D eigenvalue weighted by molar-refractivity contribution is -0.126. The Labute approximate surface area is 159 Å². The Morgan fingerprint density at radius 1 is 1.19 bits per heavy atom. The molecule has 8 heteroatoms. The molecule has 3 rings (SSSR count). The minimum Gasteiger partial charge on any atom is -0.490 e. The van der Waals surface area contributed by atoms with Crippen LogP contribution in [0.1, 0.15) is 29.6 Å². The fourth-order valence-electron chi connectivity index (χ4n) is 3.19. The van der Waals surface area contributed by atoms with E-state index in [2.05, 4.69) is 5.32 Å². The molecule has 1 saturated heterocycles. The van der Waals surface area contributed by atoms with E-state index in [1.165, 1.54) is 0 Å². The average Bonchev–Trinajstić information content (AvgIpc) is 2.90. The quantitative estimate of drug-likeness (QED) is 0.814. The highest BCUT2D eigenvalue weighted by Crippen LogP contribution is 2.31. The van der Waals surface area contributed by atoms with E-state index in [9.17, 15) is 9.59 Å². The number of nitrogens with one attached hydrogen (secondary N) is 1. The van der Waals surface area contributed by atoms with Crippen LogP contribution in [0.3, 0.4) is 0 Å². The van der Waals surface area contributed by atoms with E-state index >= 15 is 0 Å². The topological polar surface area (TPSA) is 93.9 Å². The van der Waals surface area contributed by atoms with Crippen molar-refractivity contribution in [2.75, 3.05) is 39.4 Å². The Hall–Kier alpha value is -1.99. The number of piperidine rings is 1. The van der Waals surface area contributed by atoms with Crippen molar-refractivity contribution in [1.29, 1.82) is 0 Å². The smallest absolute Gasteiger partial charge is 0.254 e. The molecule has 2 aliphatic heterocycles. The number of ether oxygens (including phenoxy) is 2. The van der Waals surface area contributed by atoms with Crippen molar-refractivity contribution in [1.82, 2.24) is 10.2 Å². The first kappa shape index (κ1) is 20.3. The van der Waals surface area contributed by atoms with Gasteiger partial charge >= 0.3 is 0 Å². The summed E-state index contributed by atoms with van der Waals surface area (Å²) in [5, 5.41) is 2.81. The van der Waals surface area contributed by atoms with Crippen LogP contribution in [-0.4, -0.2) is 56.1 Å². The second-order valence-corrected chi connectivity index (χ2v) is 6.38. The lowest BCUT2D eigenvalue weighted by atomic mass is 9.96. The number of likely N-dealkylation sites (tertiary alicyclic amines) is 1. The van der Waals surface area contributed by atoms with Crippen molar-refractivity contribution in [2.24, 2.45) is 11.7 Å². The highest BCUT2D eigenvalue weighted by Gasteiger charge is 2.29. The number of benzene rings is 1. The molecule has 3 N–H and O–H groups in total. The summed E-state index contributed by atoms with van der Waals surface area (Å²) in [5.74, 6) is 1.00. The normalized spacial score (nSPS) is 19.1. The van der Waals surface area contributed by atoms with Crippen LogP contribution in [0.15, 0.2) is 18.2 Å². The van der Waals surface area contributed by atoms with Gasteiger partial charge in [0.15, 0.2) is 11.5 Å². The molecule has 26 heavy (non-hydrogen) atoms. The minimum atomic E-state index is -0.176. The number of hydrogen-bond acceptors (Lipinski definition) is 5. The largest absolute Gasteiger partial charge is 0.490 e. The predicted octanol–water partition coefficient (Wildman–Crippen LogP) is 1.20. The molecule has 2 aliphatic rings. The van der Waals surface area contributed by atoms with Crippen LogP contribution < -0.4 is 20.5 Å². The van der Waals surface area contributed by atoms with E-state index in [-0.39, 0.29) is 30.1 Å². The van der Waals surface area contributed by atoms with Gasteiger partial charge in [-0.1, -0.05) is 0 Å². The van der Waals surface area contributed by atoms with Gasteiger partial charge in [-0.05, 0) is 31.0 Å². The Morgan fingerprint density at radius 3 is 2.73 bits per heavy atom. The Balaban J connectivity index is 0.00000243. The number of nitrogens with two attached hydrogens (primary N) is 1. The molecule has 1 aromatic carbocycles. The first-order valence-corrected chi connectivity index (χ1v) is 8.85. The van der Waals surface area contributed by atoms with Gasteiger partial charge < -0.3 is 25.4 Å². The molecule has 0 aromatic heterocycles. The molecule has 0 saturated carbocycles. The molecule has 1 fully saturated rings. The second-order valence-electron chi connectivity index (χ2n) is 6.38. The van der Waals surface area contributed by atoms with Gasteiger partial charge in [-0.15, -0.1) is 12.4 Å². The summed E-state index contributed by atoms with van der Waals surface area (Å²) >= 11 is 0. The number of nitrogens with zero attached hydrogens (tertiary/aromatic N) is 1. The van der Waals surface area contributed by atoms with Crippen LogP contribution in [-0.2, 0) is 4.79 Å². The standard InChI is InChI=1S/C18H25N3O4.ClH/c19-6-7-20-17(22)14-3-1-8-21(12-14)18(23)13-4-5-15-16(11-13)25-10-2-9-24-15;/h4-5,11,14H,1-3,6-10,12,19H2,(H,20,22);1H. The number of halogens is 1. The van der Waals surface area contributed by atoms with E-state index in [4.69, 9.17) is 15.2 Å². The van der Waals surface area contributed by atoms with E-state index in [1.807, 2.05) is 0 Å². The van der Waals surface area contributed by atoms with Crippen LogP contribution in [0.4, 0.5) is 0 Å². The zero-order valence-corrected chi connectivity index (χ0v) is 15.6. The Morgan fingerprint density at radius 2 is 1.96 bits per heavy atom. The van der Waals surface area contributed by atoms with Crippen LogP contribution >= 0.6 is 12.4 Å². The summed E-state index contributed by atoms with van der Waals surface area (Å²) in [4.78, 5) is 26.7. The first-order chi connectivity index (χ1) is 12.2. The van der Waals surface area contributed by atoms with Crippen LogP contribution in [0.2, 0.25) is 0 Å². The molecule has 7 nitrogen and oxygen atoms in total. The van der Waals surface area contributed by atoms with Crippen LogP contribution in [0.25, 0.3) is 0 Å². The molecule has 2 amide bonds. The van der Waals surface area contributed by atoms with Crippen molar-refractivity contribution < 1.29 is 19.1 Å². The minimum absolute atomic E-state index is 0. The molecule has 2 heterocycles. The number of carbonyl (C=O) groups excluding carboxylic acids is 2. The molecule has 1 unspecified atom stereocenters. The maximum Gasteiger partial charge on any atom is 0.254 e. The third-order valence-electron chi connectivity index (χ3n) is 4.52. The maximum atomic E-state index is 12.8. The number of fused-ring (bicyclic) bond motifs is 1. The molecule has 0 spiro atoms. The monoisotopic (exact) mass is 383 g/mol. The number of amides is 2. The highest BCUT2D eigenvalue weighted by molar-refractivity contribution is 5.95. The van der Waals surface area contributed by atoms with Crippen molar-refractivity contribution in [3.05, 3.63) is 23.8 Å². The van der Waals surface area contributed by atoms with Gasteiger partial charge in [-0.25, -0.2) is 0 Å². The lowest BCUT2D eigenvalue weighted by Crippen LogP contribution is -2.46. The Bertz CT molecular complexity index is 641. The molecule has 1 aromatic rings. The van der Waals surface area contributed by atoms with Gasteiger partial charge in [-0.3, -0.25) is 9.59 Å². The van der Waals surface area contributed by atoms with Crippen LogP contribution in [0, 0.1) is 5.92 Å². The first-order valence-electron chi connectivity index (χ1n) is 8.85. The summed E-state index contributed by atoms with van der Waals surface area (Å²) < 4.78 is 11.3. The Kier molecular flexibility index (Phi) is 7.53. The highest BCUT2D eigenvalue weighted by atomic mass is 35.5. The van der Waals surface area contributed by atoms with Gasteiger partial charge in [0.1, 0.15) is 0 Å². The van der Waals surface area contributed by atoms with E-state index < -0.39 is 0 Å². The molecule has 144 valence electrons. The maximum absolute atomic E-state index is 12.8. The summed E-state index contributed by atoms with van der Waals surface area (Å²) in [5.41, 5.74) is 5.99. The molecular formula is C18H26ClN3O4. The second kappa shape index (κ2) is 9.64. The molecule has 0 radical (unpaired) electrons. The van der Waals surface area contributed by atoms with E-state index in [1.54, 1.807) is 23.1 Å². The molecule has 0 bridgehead atoms. The number of carbonyl (C=O) groups is 2. The zero-order chi connectivity index (χ0) is 17.6. The molecular weight excluding hydrogens is 358 g/mol. The van der Waals surface area contributed by atoms with Crippen molar-refractivity contribution in [2.45, 2.75) is 19.3 Å². The van der Waals surface area contributed by atoms with Crippen LogP contribution in [0.5, 0.6) is 11.5 Å². The van der Waals surface area contributed by atoms with Crippen molar-refractivity contribution in [3.63, 3.8) is 0 Å². The third-order valence-corrected chi connectivity index (χ3v) is 4.52. The molecule has 1 atom stereocenters. The van der Waals surface area contributed by atoms with E-state index in [0.29, 0.717) is 56.5 Å². The summed E-state index contributed by atoms with van der Waals surface area (Å²) in [7, 11) is 0. The third kappa shape index (κ3) is 4.80. The van der Waals surface area contributed by atoms with Gasteiger partial charge in [0, 0.05) is 38.2 Å². The fourth-order valence-corrected chi connectivity index (χ4v) is 3.19. The van der Waals surface area contributed by atoms with Gasteiger partial charge in [0.2, 0.25) is 5.91 Å². The van der Waals surface area contributed by atoms with Crippen molar-refractivity contribution in [3.8, 4) is 11.5 Å². The summed E-state index contributed by atoms with van der Waals surface area (Å²) in [6.45, 7) is 3.17. The van der Waals surface area contributed by atoms with Crippen molar-refractivity contribution >= 4 is 24.2 Å². The summed E-state index contributed by atoms with van der Waals surface area (Å²) in [6, 6.07) is 5.28. The van der Waals surface area contributed by atoms with Gasteiger partial charge in [-0.2, -0.15) is 0 Å². The fraction of sp³-hybridized carbons (Fsp3) is 0.556. The van der Waals surface area contributed by atoms with E-state index in [0.717, 1.165) is 19.3 Å². The number of rotatable bonds is 4. The molecule has 0 aliphatic carbocycles. The average molecular weight is 384 g/mol. The SMILES string of the molecule is Cl.NCCNC(=O)C1CCCN(C(=O)c2ccc3c(c2)OCCCO3)C1. The number of hydrogen-bond donors (Lipinski definition) is 2.